The molecule has 1 aliphatic carbocycles. The van der Waals surface area contributed by atoms with Crippen LogP contribution in [0.15, 0.2) is 140 Å². The maximum Gasteiger partial charge on any atom is -1.00 e. The number of halogens is 2. The van der Waals surface area contributed by atoms with Crippen molar-refractivity contribution in [2.75, 3.05) is 0 Å². The van der Waals surface area contributed by atoms with Gasteiger partial charge in [0.2, 0.25) is 0 Å². The van der Waals surface area contributed by atoms with Gasteiger partial charge in [0.1, 0.15) is 0 Å². The zero-order chi connectivity index (χ0) is 24.3. The van der Waals surface area contributed by atoms with E-state index < -0.39 is 26.9 Å². The Balaban J connectivity index is 0.00000168. The molecule has 0 saturated carbocycles. The van der Waals surface area contributed by atoms with Gasteiger partial charge in [-0.2, -0.15) is 0 Å². The van der Waals surface area contributed by atoms with Crippen LogP contribution >= 0.6 is 0 Å². The van der Waals surface area contributed by atoms with Crippen LogP contribution in [0.5, 0.6) is 0 Å². The summed E-state index contributed by atoms with van der Waals surface area (Å²) in [5.74, 6) is -1.66. The number of carbonyl (C=O) groups excluding carboxylic acids is 1. The van der Waals surface area contributed by atoms with Gasteiger partial charge in [0.15, 0.2) is 0 Å². The Morgan fingerprint density at radius 1 is 0.553 bits per heavy atom. The molecule has 0 radical (unpaired) electrons. The van der Waals surface area contributed by atoms with Gasteiger partial charge in [-0.05, 0) is 0 Å². The number of fused-ring (bicyclic) bond motifs is 3. The Labute approximate surface area is 245 Å². The van der Waals surface area contributed by atoms with Crippen molar-refractivity contribution in [1.82, 2.24) is 3.30 Å². The molecule has 0 saturated heterocycles. The monoisotopic (exact) mass is 718 g/mol. The van der Waals surface area contributed by atoms with Gasteiger partial charge >= 0.3 is 222 Å². The van der Waals surface area contributed by atoms with E-state index in [0.717, 1.165) is 5.56 Å². The van der Waals surface area contributed by atoms with Crippen molar-refractivity contribution in [2.45, 2.75) is 3.67 Å². The van der Waals surface area contributed by atoms with Crippen LogP contribution in [-0.4, -0.2) is 11.9 Å². The molecule has 0 aliphatic heterocycles. The summed E-state index contributed by atoms with van der Waals surface area (Å²) in [4.78, 5) is 13.8. The smallest absolute Gasteiger partial charge is 1.00 e. The van der Waals surface area contributed by atoms with E-state index in [-0.39, 0.29) is 34.4 Å². The number of amides is 1. The van der Waals surface area contributed by atoms with Gasteiger partial charge < -0.3 is 24.8 Å². The number of hydrogen-bond acceptors (Lipinski definition) is 1. The second-order valence-electron chi connectivity index (χ2n) is 9.14. The average molecular weight is 718 g/mol. The minimum atomic E-state index is -3.06. The minimum Gasteiger partial charge on any atom is -1.00 e. The molecule has 1 aliphatic rings. The molecule has 0 bridgehead atoms. The van der Waals surface area contributed by atoms with Crippen molar-refractivity contribution in [2.24, 2.45) is 0 Å². The molecular formula is C32H26Cl2HfNOSi. The number of hydrogen-bond donors (Lipinski definition) is 1. The van der Waals surface area contributed by atoms with Crippen LogP contribution in [0.25, 0.3) is 11.1 Å². The summed E-state index contributed by atoms with van der Waals surface area (Å²) in [5.41, 5.74) is 6.16. The standard InChI is InChI=1S/C13H9.C12H11Si.C7H7NO.2ClH.Hf/c1-3-7-12-10(5-1)9-11-6-2-4-8-13(11)12;1-3-7-11(8-4-1)13-12-9-5-2-6-10-12;8-7(9)6-4-2-1-3-5-6;;;/h1-9H;1-10,13H;1-5H,(H2,8,9);2*1H;/q;;;;;+3/p-3. The van der Waals surface area contributed by atoms with Crippen molar-refractivity contribution in [1.29, 1.82) is 0 Å². The summed E-state index contributed by atoms with van der Waals surface area (Å²) < 4.78 is 4.07. The summed E-state index contributed by atoms with van der Waals surface area (Å²) in [6.07, 6.45) is 0. The third-order valence-electron chi connectivity index (χ3n) is 7.02. The number of benzene rings is 5. The van der Waals surface area contributed by atoms with Crippen molar-refractivity contribution in [3.63, 3.8) is 0 Å². The Kier molecular flexibility index (Phi) is 9.56. The second-order valence-corrected chi connectivity index (χ2v) is 28.9. The van der Waals surface area contributed by atoms with Crippen molar-refractivity contribution >= 4 is 22.3 Å². The molecule has 6 heteroatoms. The molecule has 0 spiro atoms. The molecule has 0 fully saturated rings. The van der Waals surface area contributed by atoms with Crippen molar-refractivity contribution in [3.8, 4) is 11.1 Å². The van der Waals surface area contributed by atoms with Gasteiger partial charge in [-0.3, -0.25) is 0 Å². The van der Waals surface area contributed by atoms with E-state index in [1.165, 1.54) is 32.6 Å². The van der Waals surface area contributed by atoms with Gasteiger partial charge in [0.05, 0.1) is 0 Å². The van der Waals surface area contributed by atoms with Gasteiger partial charge in [-0.25, -0.2) is 0 Å². The van der Waals surface area contributed by atoms with E-state index in [2.05, 4.69) is 112 Å². The van der Waals surface area contributed by atoms with E-state index in [9.17, 15) is 4.79 Å². The molecule has 5 aromatic carbocycles. The third-order valence-corrected chi connectivity index (χ3v) is 33.9. The molecule has 0 heterocycles. The second kappa shape index (κ2) is 12.9. The molecule has 0 aromatic heterocycles. The SMILES string of the molecule is O=C([NH][Hf+2]([CH]1c2ccccc2-c2ccccc21)[SiH](c1ccccc1)c1ccccc1)c1ccccc1.[Cl-].[Cl-]. The van der Waals surface area contributed by atoms with Crippen LogP contribution in [-0.2, 0) is 20.9 Å². The zero-order valence-corrected chi connectivity index (χ0v) is 26.9. The van der Waals surface area contributed by atoms with Crippen LogP contribution in [0, 0.1) is 0 Å². The van der Waals surface area contributed by atoms with E-state index in [4.69, 9.17) is 0 Å². The fourth-order valence-corrected chi connectivity index (χ4v) is 35.5. The maximum absolute atomic E-state index is 13.8. The quantitative estimate of drug-likeness (QED) is 0.231. The first-order chi connectivity index (χ1) is 17.8. The molecule has 0 unspecified atom stereocenters. The summed E-state index contributed by atoms with van der Waals surface area (Å²) in [6, 6.07) is 49.3. The normalized spacial score (nSPS) is 11.5. The predicted molar refractivity (Wildman–Crippen MR) is 147 cm³/mol. The molecule has 2 nitrogen and oxygen atoms in total. The first-order valence-corrected chi connectivity index (χ1v) is 24.1. The van der Waals surface area contributed by atoms with Crippen LogP contribution < -0.4 is 38.5 Å². The molecule has 5 aromatic rings. The maximum atomic E-state index is 13.8. The first-order valence-electron chi connectivity index (χ1n) is 12.3. The van der Waals surface area contributed by atoms with Crippen LogP contribution in [0.1, 0.15) is 25.2 Å². The third kappa shape index (κ3) is 5.50. The van der Waals surface area contributed by atoms with Gasteiger partial charge in [-0.15, -0.1) is 0 Å². The Hall–Kier alpha value is -2.76. The fourth-order valence-electron chi connectivity index (χ4n) is 5.44. The van der Waals surface area contributed by atoms with Crippen LogP contribution in [0.4, 0.5) is 0 Å². The van der Waals surface area contributed by atoms with E-state index >= 15 is 0 Å². The van der Waals surface area contributed by atoms with Crippen LogP contribution in [0.3, 0.4) is 0 Å². The van der Waals surface area contributed by atoms with Gasteiger partial charge in [0, 0.05) is 0 Å². The Morgan fingerprint density at radius 3 is 1.42 bits per heavy atom. The Bertz CT molecular complexity index is 1420. The molecule has 0 atom stereocenters. The molecule has 1 N–H and O–H groups in total. The van der Waals surface area contributed by atoms with E-state index in [1.54, 1.807) is 0 Å². The van der Waals surface area contributed by atoms with Crippen LogP contribution in [0.2, 0.25) is 0 Å². The zero-order valence-electron chi connectivity index (χ0n) is 20.6. The van der Waals surface area contributed by atoms with Gasteiger partial charge in [-0.1, -0.05) is 0 Å². The topological polar surface area (TPSA) is 29.1 Å². The fraction of sp³-hybridized carbons (Fsp3) is 0.0312. The Morgan fingerprint density at radius 2 is 0.947 bits per heavy atom. The largest absolute Gasteiger partial charge is 1.00 e. The van der Waals surface area contributed by atoms with Crippen molar-refractivity contribution < 1.29 is 50.5 Å². The summed E-state index contributed by atoms with van der Waals surface area (Å²) >= 11 is -3.06. The summed E-state index contributed by atoms with van der Waals surface area (Å²) in [6.45, 7) is 0. The number of carbonyl (C=O) groups is 1. The van der Waals surface area contributed by atoms with Gasteiger partial charge in [0.25, 0.3) is 0 Å². The number of rotatable bonds is 6. The molecule has 1 amide bonds. The minimum absolute atomic E-state index is 0. The summed E-state index contributed by atoms with van der Waals surface area (Å²) in [5, 5.41) is 2.84. The molecule has 187 valence electrons. The first kappa shape index (κ1) is 28.3. The average Bonchev–Trinajstić information content (AvgIpc) is 3.28. The molecular weight excluding hydrogens is 692 g/mol. The van der Waals surface area contributed by atoms with E-state index in [1.807, 2.05) is 30.3 Å². The predicted octanol–water partition coefficient (Wildman–Crippen LogP) is -0.734. The van der Waals surface area contributed by atoms with Crippen molar-refractivity contribution in [3.05, 3.63) is 156 Å². The number of nitrogens with one attached hydrogen (secondary N) is 1. The van der Waals surface area contributed by atoms with E-state index in [0.29, 0.717) is 0 Å². The molecule has 38 heavy (non-hydrogen) atoms. The summed E-state index contributed by atoms with van der Waals surface area (Å²) in [7, 11) is 0. The molecule has 6 rings (SSSR count).